The van der Waals surface area contributed by atoms with E-state index in [0.29, 0.717) is 12.8 Å². The quantitative estimate of drug-likeness (QED) is 0.603. The van der Waals surface area contributed by atoms with Crippen molar-refractivity contribution in [3.05, 3.63) is 18.2 Å². The average Bonchev–Trinajstić information content (AvgIpc) is 2.56. The zero-order valence-corrected chi connectivity index (χ0v) is 17.2. The summed E-state index contributed by atoms with van der Waals surface area (Å²) < 4.78 is 58.8. The highest BCUT2D eigenvalue weighted by atomic mass is 35.5. The molecule has 0 amide bonds. The number of halogens is 1. The van der Waals surface area contributed by atoms with E-state index in [9.17, 15) is 16.8 Å². The Morgan fingerprint density at radius 1 is 1.15 bits per heavy atom. The van der Waals surface area contributed by atoms with Gasteiger partial charge in [-0.2, -0.15) is 0 Å². The number of ether oxygens (including phenoxy) is 1. The van der Waals surface area contributed by atoms with Gasteiger partial charge < -0.3 is 10.5 Å². The van der Waals surface area contributed by atoms with Crippen molar-refractivity contribution in [2.24, 2.45) is 5.73 Å². The van der Waals surface area contributed by atoms with Gasteiger partial charge >= 0.3 is 0 Å². The van der Waals surface area contributed by atoms with Crippen LogP contribution in [0.1, 0.15) is 32.6 Å². The van der Waals surface area contributed by atoms with Gasteiger partial charge in [0, 0.05) is 18.2 Å². The van der Waals surface area contributed by atoms with Gasteiger partial charge in [-0.1, -0.05) is 0 Å². The third kappa shape index (κ3) is 5.98. The van der Waals surface area contributed by atoms with E-state index in [-0.39, 0.29) is 46.6 Å². The van der Waals surface area contributed by atoms with Crippen LogP contribution < -0.4 is 19.9 Å². The van der Waals surface area contributed by atoms with Gasteiger partial charge in [0.25, 0.3) is 0 Å². The second-order valence-corrected chi connectivity index (χ2v) is 9.80. The fourth-order valence-electron chi connectivity index (χ4n) is 2.72. The summed E-state index contributed by atoms with van der Waals surface area (Å²) in [6.45, 7) is 1.51. The fraction of sp³-hybridized carbons (Fsp3) is 0.600. The largest absolute Gasteiger partial charge is 0.495 e. The van der Waals surface area contributed by atoms with Crippen LogP contribution in [0.5, 0.6) is 5.75 Å². The van der Waals surface area contributed by atoms with E-state index in [1.807, 2.05) is 0 Å². The summed E-state index contributed by atoms with van der Waals surface area (Å²) in [5, 5.41) is 0. The lowest BCUT2D eigenvalue weighted by molar-refractivity contribution is 0.371. The second-order valence-electron chi connectivity index (χ2n) is 6.10. The molecule has 0 radical (unpaired) electrons. The predicted octanol–water partition coefficient (Wildman–Crippen LogP) is 1.43. The number of rotatable bonds is 7. The van der Waals surface area contributed by atoms with Gasteiger partial charge in [-0.25, -0.2) is 21.6 Å². The normalized spacial score (nSPS) is 20.9. The molecule has 11 heteroatoms. The molecule has 1 aliphatic carbocycles. The number of nitrogens with one attached hydrogen (secondary N) is 2. The molecule has 1 saturated carbocycles. The van der Waals surface area contributed by atoms with Crippen LogP contribution in [0, 0.1) is 0 Å². The molecule has 1 aromatic carbocycles. The van der Waals surface area contributed by atoms with Gasteiger partial charge in [-0.15, -0.1) is 12.4 Å². The molecule has 0 heterocycles. The van der Waals surface area contributed by atoms with Crippen molar-refractivity contribution in [3.63, 3.8) is 0 Å². The topological polar surface area (TPSA) is 128 Å². The van der Waals surface area contributed by atoms with Crippen molar-refractivity contribution in [1.29, 1.82) is 0 Å². The maximum absolute atomic E-state index is 12.7. The molecular weight excluding hydrogens is 402 g/mol. The van der Waals surface area contributed by atoms with E-state index in [1.165, 1.54) is 32.2 Å². The molecule has 150 valence electrons. The maximum atomic E-state index is 12.7. The molecule has 0 atom stereocenters. The van der Waals surface area contributed by atoms with Gasteiger partial charge in [0.2, 0.25) is 20.0 Å². The van der Waals surface area contributed by atoms with Crippen molar-refractivity contribution in [2.75, 3.05) is 17.6 Å². The second kappa shape index (κ2) is 9.23. The van der Waals surface area contributed by atoms with Crippen molar-refractivity contribution >= 4 is 38.1 Å². The van der Waals surface area contributed by atoms with Crippen molar-refractivity contribution in [3.8, 4) is 5.75 Å². The lowest BCUT2D eigenvalue weighted by Crippen LogP contribution is -2.40. The van der Waals surface area contributed by atoms with Gasteiger partial charge in [-0.3, -0.25) is 4.72 Å². The highest BCUT2D eigenvalue weighted by molar-refractivity contribution is 7.92. The molecule has 8 nitrogen and oxygen atoms in total. The highest BCUT2D eigenvalue weighted by Gasteiger charge is 2.26. The first kappa shape index (κ1) is 23.0. The summed E-state index contributed by atoms with van der Waals surface area (Å²) in [5.41, 5.74) is 6.09. The minimum atomic E-state index is -3.78. The first-order valence-electron chi connectivity index (χ1n) is 8.13. The molecule has 1 aromatic rings. The lowest BCUT2D eigenvalue weighted by Gasteiger charge is -2.26. The zero-order valence-electron chi connectivity index (χ0n) is 14.8. The van der Waals surface area contributed by atoms with E-state index in [1.54, 1.807) is 0 Å². The Labute approximate surface area is 161 Å². The van der Waals surface area contributed by atoms with Gasteiger partial charge in [0.15, 0.2) is 0 Å². The van der Waals surface area contributed by atoms with Crippen LogP contribution in [0.3, 0.4) is 0 Å². The number of anilines is 1. The maximum Gasteiger partial charge on any atom is 0.244 e. The van der Waals surface area contributed by atoms with E-state index in [2.05, 4.69) is 9.44 Å². The van der Waals surface area contributed by atoms with E-state index in [4.69, 9.17) is 10.5 Å². The molecule has 26 heavy (non-hydrogen) atoms. The number of methoxy groups -OCH3 is 1. The Morgan fingerprint density at radius 2 is 1.77 bits per heavy atom. The van der Waals surface area contributed by atoms with E-state index in [0.717, 1.165) is 12.8 Å². The summed E-state index contributed by atoms with van der Waals surface area (Å²) >= 11 is 0. The number of benzene rings is 1. The molecule has 0 bridgehead atoms. The minimum Gasteiger partial charge on any atom is -0.495 e. The Kier molecular flexibility index (Phi) is 8.15. The summed E-state index contributed by atoms with van der Waals surface area (Å²) in [6, 6.07) is 4.07. The molecule has 4 N–H and O–H groups in total. The Hall–Kier alpha value is -1.07. The summed E-state index contributed by atoms with van der Waals surface area (Å²) in [7, 11) is -5.90. The van der Waals surface area contributed by atoms with E-state index < -0.39 is 20.0 Å². The minimum absolute atomic E-state index is 0. The van der Waals surface area contributed by atoms with Crippen molar-refractivity contribution in [2.45, 2.75) is 49.6 Å². The van der Waals surface area contributed by atoms with Gasteiger partial charge in [-0.05, 0) is 44.7 Å². The molecule has 0 aliphatic heterocycles. The number of hydrogen-bond acceptors (Lipinski definition) is 6. The summed E-state index contributed by atoms with van der Waals surface area (Å²) in [4.78, 5) is -0.0238. The number of hydrogen-bond donors (Lipinski definition) is 3. The molecule has 0 spiro atoms. The fourth-order valence-corrected chi connectivity index (χ4v) is 4.81. The molecule has 1 fully saturated rings. The number of sulfonamides is 2. The first-order chi connectivity index (χ1) is 11.7. The zero-order chi connectivity index (χ0) is 18.7. The summed E-state index contributed by atoms with van der Waals surface area (Å²) in [6.07, 6.45) is 2.94. The number of nitrogens with two attached hydrogens (primary N) is 1. The smallest absolute Gasteiger partial charge is 0.244 e. The molecule has 1 aliphatic rings. The molecule has 0 aromatic heterocycles. The van der Waals surface area contributed by atoms with Crippen LogP contribution in [-0.4, -0.2) is 41.8 Å². The van der Waals surface area contributed by atoms with E-state index >= 15 is 0 Å². The first-order valence-corrected chi connectivity index (χ1v) is 11.3. The summed E-state index contributed by atoms with van der Waals surface area (Å²) in [5.74, 6) is -0.00268. The van der Waals surface area contributed by atoms with Gasteiger partial charge in [0.05, 0.1) is 18.6 Å². The Morgan fingerprint density at radius 3 is 2.31 bits per heavy atom. The Bertz CT molecular complexity index is 807. The van der Waals surface area contributed by atoms with Crippen LogP contribution in [0.25, 0.3) is 0 Å². The average molecular weight is 428 g/mol. The van der Waals surface area contributed by atoms with Crippen LogP contribution in [0.2, 0.25) is 0 Å². The molecular formula is C15H26ClN3O5S2. The third-order valence-corrected chi connectivity index (χ3v) is 7.07. The standard InChI is InChI=1S/C15H25N3O5S2.ClH/c1-3-24(19,20)17-13-8-9-15(14(10-13)23-2)25(21,22)18-12-6-4-11(16)5-7-12;/h8-12,17-18H,3-7,16H2,1-2H3;1H. The predicted molar refractivity (Wildman–Crippen MR) is 104 cm³/mol. The Balaban J connectivity index is 0.00000338. The van der Waals surface area contributed by atoms with Gasteiger partial charge in [0.1, 0.15) is 10.6 Å². The SMILES string of the molecule is CCS(=O)(=O)Nc1ccc(S(=O)(=O)NC2CCC(N)CC2)c(OC)c1.Cl. The van der Waals surface area contributed by atoms with Crippen molar-refractivity contribution < 1.29 is 21.6 Å². The van der Waals surface area contributed by atoms with Crippen LogP contribution in [0.4, 0.5) is 5.69 Å². The third-order valence-electron chi connectivity index (χ3n) is 4.20. The lowest BCUT2D eigenvalue weighted by atomic mass is 9.93. The van der Waals surface area contributed by atoms with Crippen molar-refractivity contribution in [1.82, 2.24) is 4.72 Å². The monoisotopic (exact) mass is 427 g/mol. The van der Waals surface area contributed by atoms with Crippen LogP contribution >= 0.6 is 12.4 Å². The molecule has 0 saturated heterocycles. The molecule has 2 rings (SSSR count). The highest BCUT2D eigenvalue weighted by Crippen LogP contribution is 2.29. The molecule has 0 unspecified atom stereocenters. The van der Waals surface area contributed by atoms with Crippen LogP contribution in [0.15, 0.2) is 23.1 Å². The van der Waals surface area contributed by atoms with Crippen LogP contribution in [-0.2, 0) is 20.0 Å².